The molecule has 6 heteroatoms. The molecular formula is C17H22ClNO4. The minimum atomic E-state index is -0.163. The van der Waals surface area contributed by atoms with Crippen LogP contribution in [-0.2, 0) is 20.7 Å². The number of carbonyl (C=O) groups excluding carboxylic acids is 1. The van der Waals surface area contributed by atoms with Crippen LogP contribution in [0.3, 0.4) is 0 Å². The third kappa shape index (κ3) is 3.97. The predicted octanol–water partition coefficient (Wildman–Crippen LogP) is 3.26. The Bertz CT molecular complexity index is 572. The number of fused-ring (bicyclic) bond motifs is 1. The summed E-state index contributed by atoms with van der Waals surface area (Å²) in [6.45, 7) is 1.61. The van der Waals surface area contributed by atoms with Gasteiger partial charge in [0.2, 0.25) is 5.91 Å². The molecular weight excluding hydrogens is 318 g/mol. The quantitative estimate of drug-likeness (QED) is 0.914. The molecule has 1 saturated heterocycles. The zero-order valence-electron chi connectivity index (χ0n) is 13.1. The molecule has 0 bridgehead atoms. The number of hydrogen-bond donors (Lipinski definition) is 1. The topological polar surface area (TPSA) is 59.0 Å². The second-order valence-corrected chi connectivity index (χ2v) is 6.41. The molecule has 2 aliphatic rings. The number of aromatic hydroxyl groups is 1. The fourth-order valence-electron chi connectivity index (χ4n) is 3.11. The van der Waals surface area contributed by atoms with E-state index in [2.05, 4.69) is 0 Å². The van der Waals surface area contributed by atoms with Gasteiger partial charge in [-0.1, -0.05) is 11.6 Å². The Hall–Kier alpha value is -1.30. The van der Waals surface area contributed by atoms with Crippen molar-refractivity contribution in [1.82, 2.24) is 0 Å². The van der Waals surface area contributed by atoms with Crippen LogP contribution >= 0.6 is 11.6 Å². The average molecular weight is 340 g/mol. The van der Waals surface area contributed by atoms with Crippen LogP contribution in [0.5, 0.6) is 5.75 Å². The lowest BCUT2D eigenvalue weighted by Crippen LogP contribution is -2.35. The first-order valence-electron chi connectivity index (χ1n) is 8.20. The van der Waals surface area contributed by atoms with Crippen molar-refractivity contribution in [3.8, 4) is 5.75 Å². The average Bonchev–Trinajstić information content (AvgIpc) is 2.69. The number of halogens is 1. The lowest BCUT2D eigenvalue weighted by Gasteiger charge is -2.26. The van der Waals surface area contributed by atoms with Crippen LogP contribution in [0.1, 0.15) is 37.7 Å². The number of nitrogens with zero attached hydrogens (tertiary/aromatic N) is 1. The van der Waals surface area contributed by atoms with E-state index in [-0.39, 0.29) is 17.9 Å². The Morgan fingerprint density at radius 3 is 2.96 bits per heavy atom. The zero-order valence-corrected chi connectivity index (χ0v) is 13.8. The van der Waals surface area contributed by atoms with Crippen molar-refractivity contribution in [3.05, 3.63) is 22.7 Å². The lowest BCUT2D eigenvalue weighted by atomic mass is 10.1. The van der Waals surface area contributed by atoms with Gasteiger partial charge in [-0.15, -0.1) is 0 Å². The summed E-state index contributed by atoms with van der Waals surface area (Å²) in [5.74, 6) is 0.0558. The van der Waals surface area contributed by atoms with Gasteiger partial charge >= 0.3 is 0 Å². The maximum absolute atomic E-state index is 12.4. The Morgan fingerprint density at radius 2 is 2.17 bits per heavy atom. The van der Waals surface area contributed by atoms with E-state index in [0.29, 0.717) is 24.6 Å². The second kappa shape index (κ2) is 7.51. The third-order valence-electron chi connectivity index (χ3n) is 4.33. The number of aryl methyl sites for hydroxylation is 1. The molecule has 0 aliphatic carbocycles. The van der Waals surface area contributed by atoms with Gasteiger partial charge in [0.05, 0.1) is 17.3 Å². The maximum Gasteiger partial charge on any atom is 0.227 e. The van der Waals surface area contributed by atoms with E-state index in [4.69, 9.17) is 21.1 Å². The number of anilines is 1. The molecule has 3 rings (SSSR count). The summed E-state index contributed by atoms with van der Waals surface area (Å²) in [7, 11) is 0. The SMILES string of the molecule is O=C1CCCc2cc(Cl)c(O)cc2N1CCOC1CCCCO1. The normalized spacial score (nSPS) is 21.9. The van der Waals surface area contributed by atoms with Gasteiger partial charge in [-0.3, -0.25) is 4.79 Å². The largest absolute Gasteiger partial charge is 0.506 e. The summed E-state index contributed by atoms with van der Waals surface area (Å²) in [5.41, 5.74) is 1.73. The molecule has 1 atom stereocenters. The van der Waals surface area contributed by atoms with Crippen molar-refractivity contribution in [2.75, 3.05) is 24.7 Å². The minimum absolute atomic E-state index is 0.00153. The van der Waals surface area contributed by atoms with Crippen LogP contribution < -0.4 is 4.90 Å². The summed E-state index contributed by atoms with van der Waals surface area (Å²) >= 11 is 5.99. The Kier molecular flexibility index (Phi) is 5.41. The van der Waals surface area contributed by atoms with Crippen LogP contribution in [0.2, 0.25) is 5.02 Å². The Balaban J connectivity index is 1.69. The highest BCUT2D eigenvalue weighted by molar-refractivity contribution is 6.32. The summed E-state index contributed by atoms with van der Waals surface area (Å²) in [4.78, 5) is 14.1. The zero-order chi connectivity index (χ0) is 16.2. The molecule has 0 saturated carbocycles. The van der Waals surface area contributed by atoms with Crippen molar-refractivity contribution in [2.45, 2.75) is 44.8 Å². The Morgan fingerprint density at radius 1 is 1.30 bits per heavy atom. The smallest absolute Gasteiger partial charge is 0.227 e. The summed E-state index contributed by atoms with van der Waals surface area (Å²) < 4.78 is 11.3. The van der Waals surface area contributed by atoms with Gasteiger partial charge < -0.3 is 19.5 Å². The molecule has 1 N–H and O–H groups in total. The molecule has 1 unspecified atom stereocenters. The van der Waals surface area contributed by atoms with Crippen molar-refractivity contribution >= 4 is 23.2 Å². The number of benzene rings is 1. The fraction of sp³-hybridized carbons (Fsp3) is 0.588. The third-order valence-corrected chi connectivity index (χ3v) is 4.64. The summed E-state index contributed by atoms with van der Waals surface area (Å²) in [5, 5.41) is 10.2. The molecule has 2 aliphatic heterocycles. The highest BCUT2D eigenvalue weighted by Crippen LogP contribution is 2.35. The molecule has 0 spiro atoms. The van der Waals surface area contributed by atoms with E-state index >= 15 is 0 Å². The maximum atomic E-state index is 12.4. The van der Waals surface area contributed by atoms with Gasteiger partial charge in [-0.05, 0) is 43.7 Å². The number of ether oxygens (including phenoxy) is 2. The fourth-order valence-corrected chi connectivity index (χ4v) is 3.29. The molecule has 1 fully saturated rings. The van der Waals surface area contributed by atoms with Crippen molar-refractivity contribution in [1.29, 1.82) is 0 Å². The molecule has 1 aromatic carbocycles. The molecule has 23 heavy (non-hydrogen) atoms. The van der Waals surface area contributed by atoms with Gasteiger partial charge in [0.25, 0.3) is 0 Å². The predicted molar refractivity (Wildman–Crippen MR) is 88.0 cm³/mol. The monoisotopic (exact) mass is 339 g/mol. The van der Waals surface area contributed by atoms with E-state index in [0.717, 1.165) is 50.0 Å². The first-order valence-corrected chi connectivity index (χ1v) is 8.58. The molecule has 126 valence electrons. The molecule has 0 aromatic heterocycles. The second-order valence-electron chi connectivity index (χ2n) is 6.00. The van der Waals surface area contributed by atoms with Gasteiger partial charge in [0, 0.05) is 25.6 Å². The van der Waals surface area contributed by atoms with Crippen molar-refractivity contribution in [3.63, 3.8) is 0 Å². The molecule has 2 heterocycles. The Labute approximate surface area is 141 Å². The molecule has 0 radical (unpaired) electrons. The summed E-state index contributed by atoms with van der Waals surface area (Å²) in [6.07, 6.45) is 5.00. The van der Waals surface area contributed by atoms with Crippen LogP contribution in [-0.4, -0.2) is 37.1 Å². The van der Waals surface area contributed by atoms with Crippen LogP contribution in [0.25, 0.3) is 0 Å². The van der Waals surface area contributed by atoms with E-state index < -0.39 is 0 Å². The molecule has 1 aromatic rings. The number of hydrogen-bond acceptors (Lipinski definition) is 4. The minimum Gasteiger partial charge on any atom is -0.506 e. The van der Waals surface area contributed by atoms with Gasteiger partial charge in [-0.25, -0.2) is 0 Å². The number of phenolic OH excluding ortho intramolecular Hbond substituents is 1. The van der Waals surface area contributed by atoms with Crippen LogP contribution in [0, 0.1) is 0 Å². The number of rotatable bonds is 4. The van der Waals surface area contributed by atoms with E-state index in [1.807, 2.05) is 0 Å². The van der Waals surface area contributed by atoms with Crippen LogP contribution in [0.15, 0.2) is 12.1 Å². The first-order chi connectivity index (χ1) is 11.1. The van der Waals surface area contributed by atoms with E-state index in [1.54, 1.807) is 17.0 Å². The lowest BCUT2D eigenvalue weighted by molar-refractivity contribution is -0.161. The first kappa shape index (κ1) is 16.6. The molecule has 1 amide bonds. The van der Waals surface area contributed by atoms with Crippen LogP contribution in [0.4, 0.5) is 5.69 Å². The standard InChI is InChI=1S/C17H22ClNO4/c18-13-10-12-4-3-5-16(21)19(14(12)11-15(13)20)7-9-23-17-6-1-2-8-22-17/h10-11,17,20H,1-9H2. The van der Waals surface area contributed by atoms with E-state index in [9.17, 15) is 9.90 Å². The number of carbonyl (C=O) groups is 1. The van der Waals surface area contributed by atoms with Gasteiger partial charge in [0.1, 0.15) is 5.75 Å². The van der Waals surface area contributed by atoms with E-state index in [1.165, 1.54) is 0 Å². The number of phenols is 1. The van der Waals surface area contributed by atoms with Crippen molar-refractivity contribution in [2.24, 2.45) is 0 Å². The summed E-state index contributed by atoms with van der Waals surface area (Å²) in [6, 6.07) is 3.33. The highest BCUT2D eigenvalue weighted by Gasteiger charge is 2.24. The van der Waals surface area contributed by atoms with Crippen molar-refractivity contribution < 1.29 is 19.4 Å². The number of amides is 1. The molecule has 5 nitrogen and oxygen atoms in total. The highest BCUT2D eigenvalue weighted by atomic mass is 35.5. The van der Waals surface area contributed by atoms with Gasteiger partial charge in [0.15, 0.2) is 6.29 Å². The van der Waals surface area contributed by atoms with Gasteiger partial charge in [-0.2, -0.15) is 0 Å².